The van der Waals surface area contributed by atoms with Crippen molar-refractivity contribution in [3.05, 3.63) is 11.1 Å². The molecule has 3 atom stereocenters. The largest absolute Gasteiger partial charge is 0.345 e. The average Bonchev–Trinajstić information content (AvgIpc) is 2.95. The molecular formula is C13H21N3S. The Kier molecular flexibility index (Phi) is 3.09. The zero-order chi connectivity index (χ0) is 11.8. The van der Waals surface area contributed by atoms with Gasteiger partial charge >= 0.3 is 0 Å². The van der Waals surface area contributed by atoms with Gasteiger partial charge in [0.15, 0.2) is 5.13 Å². The number of thiazole rings is 1. The monoisotopic (exact) mass is 251 g/mol. The molecule has 3 nitrogen and oxygen atoms in total. The van der Waals surface area contributed by atoms with Crippen LogP contribution in [0.1, 0.15) is 50.8 Å². The Balaban J connectivity index is 1.79. The number of anilines is 1. The molecule has 1 aromatic heterocycles. The summed E-state index contributed by atoms with van der Waals surface area (Å²) < 4.78 is 0. The van der Waals surface area contributed by atoms with Crippen LogP contribution in [-0.2, 0) is 0 Å². The van der Waals surface area contributed by atoms with Gasteiger partial charge in [-0.25, -0.2) is 4.98 Å². The summed E-state index contributed by atoms with van der Waals surface area (Å²) in [6, 6.07) is 0.820. The minimum absolute atomic E-state index is 0.0600. The van der Waals surface area contributed by atoms with Gasteiger partial charge in [-0.15, -0.1) is 11.3 Å². The summed E-state index contributed by atoms with van der Waals surface area (Å²) in [5.41, 5.74) is 6.93. The Morgan fingerprint density at radius 3 is 3.00 bits per heavy atom. The highest BCUT2D eigenvalue weighted by Crippen LogP contribution is 2.39. The molecule has 0 amide bonds. The van der Waals surface area contributed by atoms with Gasteiger partial charge < -0.3 is 10.6 Å². The smallest absolute Gasteiger partial charge is 0.185 e. The Hall–Kier alpha value is -0.610. The van der Waals surface area contributed by atoms with Crippen molar-refractivity contribution in [2.75, 3.05) is 11.4 Å². The van der Waals surface area contributed by atoms with E-state index in [1.165, 1.54) is 43.8 Å². The first kappa shape index (κ1) is 11.5. The van der Waals surface area contributed by atoms with Gasteiger partial charge in [0.1, 0.15) is 0 Å². The second-order valence-corrected chi connectivity index (χ2v) is 6.27. The first-order valence-corrected chi connectivity index (χ1v) is 7.61. The summed E-state index contributed by atoms with van der Waals surface area (Å²) in [4.78, 5) is 7.24. The second kappa shape index (κ2) is 4.58. The molecule has 94 valence electrons. The molecule has 4 heteroatoms. The van der Waals surface area contributed by atoms with Gasteiger partial charge in [-0.3, -0.25) is 0 Å². The predicted molar refractivity (Wildman–Crippen MR) is 72.4 cm³/mol. The molecule has 2 fully saturated rings. The molecule has 2 aliphatic rings. The van der Waals surface area contributed by atoms with E-state index < -0.39 is 0 Å². The first-order valence-electron chi connectivity index (χ1n) is 6.73. The molecule has 0 bridgehead atoms. The van der Waals surface area contributed by atoms with Gasteiger partial charge in [0.2, 0.25) is 0 Å². The normalized spacial score (nSPS) is 30.4. The highest BCUT2D eigenvalue weighted by Gasteiger charge is 2.36. The third-order valence-corrected chi connectivity index (χ3v) is 5.13. The molecule has 2 N–H and O–H groups in total. The Morgan fingerprint density at radius 1 is 1.41 bits per heavy atom. The van der Waals surface area contributed by atoms with Crippen LogP contribution in [0.3, 0.4) is 0 Å². The first-order chi connectivity index (χ1) is 8.25. The van der Waals surface area contributed by atoms with Crippen LogP contribution in [0.5, 0.6) is 0 Å². The summed E-state index contributed by atoms with van der Waals surface area (Å²) in [6.45, 7) is 3.20. The summed E-state index contributed by atoms with van der Waals surface area (Å²) >= 11 is 1.77. The Bertz CT molecular complexity index is 388. The van der Waals surface area contributed by atoms with E-state index in [0.717, 1.165) is 17.7 Å². The van der Waals surface area contributed by atoms with E-state index in [-0.39, 0.29) is 6.04 Å². The van der Waals surface area contributed by atoms with Crippen LogP contribution in [0.25, 0.3) is 0 Å². The van der Waals surface area contributed by atoms with Crippen LogP contribution in [-0.4, -0.2) is 17.6 Å². The van der Waals surface area contributed by atoms with Crippen LogP contribution in [0.4, 0.5) is 5.13 Å². The summed E-state index contributed by atoms with van der Waals surface area (Å²) in [6.07, 6.45) is 6.96. The van der Waals surface area contributed by atoms with Gasteiger partial charge in [-0.05, 0) is 32.1 Å². The maximum absolute atomic E-state index is 5.88. The van der Waals surface area contributed by atoms with Gasteiger partial charge in [-0.1, -0.05) is 12.8 Å². The van der Waals surface area contributed by atoms with Crippen molar-refractivity contribution >= 4 is 16.5 Å². The standard InChI is InChI=1S/C13H21N3S/c1-9(14)11-8-17-13(15-11)16-7-6-10-4-2-3-5-12(10)16/h8-10,12H,2-7,14H2,1H3. The number of nitrogens with zero attached hydrogens (tertiary/aromatic N) is 2. The van der Waals surface area contributed by atoms with E-state index in [2.05, 4.69) is 10.3 Å². The van der Waals surface area contributed by atoms with Crippen LogP contribution in [0, 0.1) is 5.92 Å². The van der Waals surface area contributed by atoms with Crippen molar-refractivity contribution in [1.29, 1.82) is 0 Å². The molecule has 1 aromatic rings. The molecule has 1 saturated heterocycles. The number of hydrogen-bond acceptors (Lipinski definition) is 4. The van der Waals surface area contributed by atoms with Gasteiger partial charge in [-0.2, -0.15) is 0 Å². The van der Waals surface area contributed by atoms with Crippen molar-refractivity contribution in [2.45, 2.75) is 51.1 Å². The minimum atomic E-state index is 0.0600. The third-order valence-electron chi connectivity index (χ3n) is 4.23. The van der Waals surface area contributed by atoms with Crippen molar-refractivity contribution in [3.63, 3.8) is 0 Å². The molecule has 0 radical (unpaired) electrons. The van der Waals surface area contributed by atoms with E-state index in [1.54, 1.807) is 11.3 Å². The number of hydrogen-bond donors (Lipinski definition) is 1. The zero-order valence-electron chi connectivity index (χ0n) is 10.4. The third kappa shape index (κ3) is 2.08. The lowest BCUT2D eigenvalue weighted by Crippen LogP contribution is -2.34. The Morgan fingerprint density at radius 2 is 2.24 bits per heavy atom. The number of rotatable bonds is 2. The summed E-state index contributed by atoms with van der Waals surface area (Å²) in [5, 5.41) is 3.32. The van der Waals surface area contributed by atoms with Gasteiger partial charge in [0.05, 0.1) is 5.69 Å². The molecule has 3 unspecified atom stereocenters. The maximum atomic E-state index is 5.88. The van der Waals surface area contributed by atoms with Crippen LogP contribution in [0.15, 0.2) is 5.38 Å². The second-order valence-electron chi connectivity index (χ2n) is 5.44. The SMILES string of the molecule is CC(N)c1csc(N2CCC3CCCCC32)n1. The van der Waals surface area contributed by atoms with E-state index in [9.17, 15) is 0 Å². The quantitative estimate of drug-likeness (QED) is 0.878. The molecule has 0 aromatic carbocycles. The van der Waals surface area contributed by atoms with E-state index in [1.807, 2.05) is 6.92 Å². The van der Waals surface area contributed by atoms with Crippen molar-refractivity contribution < 1.29 is 0 Å². The van der Waals surface area contributed by atoms with E-state index >= 15 is 0 Å². The minimum Gasteiger partial charge on any atom is -0.345 e. The highest BCUT2D eigenvalue weighted by atomic mass is 32.1. The summed E-state index contributed by atoms with van der Waals surface area (Å²) in [7, 11) is 0. The fourth-order valence-electron chi connectivity index (χ4n) is 3.26. The van der Waals surface area contributed by atoms with Crippen molar-refractivity contribution in [1.82, 2.24) is 4.98 Å². The molecule has 2 heterocycles. The highest BCUT2D eigenvalue weighted by molar-refractivity contribution is 7.13. The summed E-state index contributed by atoms with van der Waals surface area (Å²) in [5.74, 6) is 0.923. The van der Waals surface area contributed by atoms with Gasteiger partial charge in [0.25, 0.3) is 0 Å². The zero-order valence-corrected chi connectivity index (χ0v) is 11.2. The number of aromatic nitrogens is 1. The van der Waals surface area contributed by atoms with Crippen molar-refractivity contribution in [2.24, 2.45) is 11.7 Å². The average molecular weight is 251 g/mol. The molecule has 1 aliphatic heterocycles. The lowest BCUT2D eigenvalue weighted by atomic mass is 9.85. The Labute approximate surface area is 107 Å². The molecule has 1 saturated carbocycles. The molecule has 3 rings (SSSR count). The molecule has 17 heavy (non-hydrogen) atoms. The van der Waals surface area contributed by atoms with Crippen LogP contribution in [0.2, 0.25) is 0 Å². The lowest BCUT2D eigenvalue weighted by molar-refractivity contribution is 0.342. The molecule has 0 spiro atoms. The van der Waals surface area contributed by atoms with E-state index in [4.69, 9.17) is 10.7 Å². The number of nitrogens with two attached hydrogens (primary N) is 1. The number of fused-ring (bicyclic) bond motifs is 1. The van der Waals surface area contributed by atoms with Crippen LogP contribution < -0.4 is 10.6 Å². The topological polar surface area (TPSA) is 42.1 Å². The fourth-order valence-corrected chi connectivity index (χ4v) is 4.27. The van der Waals surface area contributed by atoms with E-state index in [0.29, 0.717) is 0 Å². The lowest BCUT2D eigenvalue weighted by Gasteiger charge is -2.31. The van der Waals surface area contributed by atoms with Crippen molar-refractivity contribution in [3.8, 4) is 0 Å². The predicted octanol–water partition coefficient (Wildman–Crippen LogP) is 2.93. The molecular weight excluding hydrogens is 230 g/mol. The maximum Gasteiger partial charge on any atom is 0.185 e. The van der Waals surface area contributed by atoms with Crippen LogP contribution >= 0.6 is 11.3 Å². The fraction of sp³-hybridized carbons (Fsp3) is 0.769. The molecule has 1 aliphatic carbocycles. The van der Waals surface area contributed by atoms with Gasteiger partial charge in [0, 0.05) is 24.0 Å².